The van der Waals surface area contributed by atoms with E-state index in [1.165, 1.54) is 12.1 Å². The van der Waals surface area contributed by atoms with E-state index >= 15 is 0 Å². The standard InChI is InChI=1S/C15H16N4O2.C15H16N4O.C14H13ClN4O.C14H13FN4O.C14H15N5O.C11H16N4O2/c1-10-14(7-8-15(20)16-10)19-9-13(17-18-19)11-3-5-12(21-2)6-4-11;1-10-5-3-4-6-12(10)13-9-19(18-17-13)14-7-8-15(20)16-11(14)2;1-9-13(6-7-14(20)16-9)19-8-12(17-18-19)10-4-2-3-5-11(10)15;2*1-9-13(6-7-14(20)16-9)19-8-12(17-18-19)10-2-4-11(15)5-3-10;1-8-10(4-5-11(17)12-8)15-7-9(13-14-15)3-2-6-16/h3-6,9,14H,1,7-8H2,2H3,(H,16,20);3-6,9,14H,2,7-8H2,1H3,(H,16,20);2*2-5,8,13H,1,6-7H2,(H,16,20);2-5,8,13H,1,6-7,15H2,(H,16,20);7,10,16H,1-6H2,(H,12,17). The normalized spacial score (nSPS) is 19.1. The number of rotatable bonds is 15. The molecule has 6 aliphatic rings. The Morgan fingerprint density at radius 2 is 0.712 bits per heavy atom. The molecule has 12 heterocycles. The number of anilines is 1. The van der Waals surface area contributed by atoms with Crippen LogP contribution < -0.4 is 42.4 Å². The van der Waals surface area contributed by atoms with E-state index in [-0.39, 0.29) is 84.1 Å². The van der Waals surface area contributed by atoms with Crippen LogP contribution in [0.3, 0.4) is 0 Å². The molecular formula is C83H89ClFN25O8. The zero-order chi connectivity index (χ0) is 83.5. The second-order valence-electron chi connectivity index (χ2n) is 28.4. The number of nitrogens with two attached hydrogens (primary N) is 1. The summed E-state index contributed by atoms with van der Waals surface area (Å²) in [5, 5.41) is 75.4. The number of amides is 6. The van der Waals surface area contributed by atoms with Crippen LogP contribution in [0, 0.1) is 12.7 Å². The van der Waals surface area contributed by atoms with E-state index in [9.17, 15) is 33.2 Å². The van der Waals surface area contributed by atoms with Gasteiger partial charge in [0.15, 0.2) is 0 Å². The van der Waals surface area contributed by atoms with E-state index < -0.39 is 0 Å². The van der Waals surface area contributed by atoms with Crippen LogP contribution in [0.15, 0.2) is 232 Å². The van der Waals surface area contributed by atoms with Gasteiger partial charge in [0.1, 0.15) is 40.0 Å². The van der Waals surface area contributed by atoms with Gasteiger partial charge in [0.2, 0.25) is 35.4 Å². The van der Waals surface area contributed by atoms with Gasteiger partial charge in [0, 0.05) is 119 Å². The molecule has 0 spiro atoms. The number of halogens is 2. The summed E-state index contributed by atoms with van der Waals surface area (Å²) < 4.78 is 28.4. The number of hydrogen-bond donors (Lipinski definition) is 8. The van der Waals surface area contributed by atoms with Crippen molar-refractivity contribution in [3.8, 4) is 62.0 Å². The second-order valence-corrected chi connectivity index (χ2v) is 28.8. The number of hydrogen-bond acceptors (Lipinski definition) is 21. The minimum Gasteiger partial charge on any atom is -0.497 e. The SMILES string of the molecule is C=C1NC(=O)CCC1n1cc(-c2ccc(F)cc2)nn1.C=C1NC(=O)CCC1n1cc(-c2ccc(N)cc2)nn1.C=C1NC(=O)CCC1n1cc(-c2ccc(OC)cc2)nn1.C=C1NC(=O)CCC1n1cc(-c2ccccc2C)nn1.C=C1NC(=O)CCC1n1cc(-c2ccccc2Cl)nn1.C=C1NC(=O)CCC1n1cc(CCCO)nn1. The Labute approximate surface area is 683 Å². The molecule has 118 heavy (non-hydrogen) atoms. The van der Waals surface area contributed by atoms with Crippen molar-refractivity contribution in [2.24, 2.45) is 0 Å². The lowest BCUT2D eigenvalue weighted by molar-refractivity contribution is -0.122. The maximum atomic E-state index is 12.9. The molecule has 608 valence electrons. The Hall–Kier alpha value is -14.0. The van der Waals surface area contributed by atoms with Gasteiger partial charge in [-0.15, -0.1) is 30.6 Å². The molecule has 6 atom stereocenters. The lowest BCUT2D eigenvalue weighted by Gasteiger charge is -2.24. The summed E-state index contributed by atoms with van der Waals surface area (Å²) in [5.41, 5.74) is 20.7. The third-order valence-corrected chi connectivity index (χ3v) is 20.3. The number of nitrogens with one attached hydrogen (secondary N) is 6. The van der Waals surface area contributed by atoms with Crippen molar-refractivity contribution < 1.29 is 43.0 Å². The number of piperidine rings is 6. The first-order valence-corrected chi connectivity index (χ1v) is 38.4. The maximum absolute atomic E-state index is 12.9. The molecule has 5 aromatic carbocycles. The molecule has 9 N–H and O–H groups in total. The van der Waals surface area contributed by atoms with Gasteiger partial charge in [0.05, 0.1) is 85.1 Å². The van der Waals surface area contributed by atoms with E-state index in [1.807, 2.05) is 135 Å². The summed E-state index contributed by atoms with van der Waals surface area (Å²) >= 11 is 6.15. The summed E-state index contributed by atoms with van der Waals surface area (Å²) in [4.78, 5) is 67.6. The van der Waals surface area contributed by atoms with E-state index in [1.54, 1.807) is 53.5 Å². The summed E-state index contributed by atoms with van der Waals surface area (Å²) in [6.07, 6.45) is 19.4. The monoisotopic (exact) mass is 1620 g/mol. The number of nitrogens with zero attached hydrogens (tertiary/aromatic N) is 18. The first-order chi connectivity index (χ1) is 56.9. The van der Waals surface area contributed by atoms with Crippen LogP contribution in [0.4, 0.5) is 10.1 Å². The van der Waals surface area contributed by atoms with Crippen molar-refractivity contribution in [3.05, 3.63) is 254 Å². The van der Waals surface area contributed by atoms with Crippen LogP contribution in [-0.4, -0.2) is 144 Å². The fourth-order valence-electron chi connectivity index (χ4n) is 13.5. The minimum atomic E-state index is -0.287. The first-order valence-electron chi connectivity index (χ1n) is 38.0. The molecule has 6 unspecified atom stereocenters. The highest BCUT2D eigenvalue weighted by Crippen LogP contribution is 2.34. The average molecular weight is 1620 g/mol. The minimum absolute atomic E-state index is 0.00214. The van der Waals surface area contributed by atoms with Crippen molar-refractivity contribution in [2.75, 3.05) is 19.5 Å². The van der Waals surface area contributed by atoms with Crippen molar-refractivity contribution in [3.63, 3.8) is 0 Å². The van der Waals surface area contributed by atoms with Crippen LogP contribution in [0.1, 0.15) is 131 Å². The smallest absolute Gasteiger partial charge is 0.224 e. The van der Waals surface area contributed by atoms with Crippen LogP contribution in [0.5, 0.6) is 5.75 Å². The van der Waals surface area contributed by atoms with Gasteiger partial charge in [-0.1, -0.05) is 137 Å². The largest absolute Gasteiger partial charge is 0.497 e. The second kappa shape index (κ2) is 38.9. The van der Waals surface area contributed by atoms with E-state index in [0.29, 0.717) is 146 Å². The van der Waals surface area contributed by atoms with Gasteiger partial charge in [0.25, 0.3) is 0 Å². The number of carbonyl (C=O) groups excluding carboxylic acids is 6. The van der Waals surface area contributed by atoms with Gasteiger partial charge in [-0.2, -0.15) is 0 Å². The van der Waals surface area contributed by atoms with E-state index in [0.717, 1.165) is 61.9 Å². The molecule has 6 aromatic heterocycles. The van der Waals surface area contributed by atoms with Gasteiger partial charge in [-0.3, -0.25) is 28.8 Å². The zero-order valence-electron chi connectivity index (χ0n) is 65.0. The number of methoxy groups -OCH3 is 1. The quantitative estimate of drug-likeness (QED) is 0.0442. The third-order valence-electron chi connectivity index (χ3n) is 20.0. The Bertz CT molecular complexity index is 5270. The fraction of sp³-hybridized carbons (Fsp3) is 0.277. The van der Waals surface area contributed by atoms with Crippen molar-refractivity contribution in [1.82, 2.24) is 122 Å². The molecule has 17 rings (SSSR count). The molecule has 0 bridgehead atoms. The lowest BCUT2D eigenvalue weighted by Crippen LogP contribution is -2.33. The highest BCUT2D eigenvalue weighted by atomic mass is 35.5. The summed E-state index contributed by atoms with van der Waals surface area (Å²) in [7, 11) is 1.63. The topological polar surface area (TPSA) is 414 Å². The number of nitrogen functional groups attached to an aromatic ring is 1. The molecule has 0 saturated carbocycles. The zero-order valence-corrected chi connectivity index (χ0v) is 65.8. The van der Waals surface area contributed by atoms with Gasteiger partial charge in [-0.05, 0) is 131 Å². The number of aliphatic hydroxyl groups excluding tert-OH is 1. The molecule has 6 fully saturated rings. The summed E-state index contributed by atoms with van der Waals surface area (Å²) in [6.45, 7) is 25.4. The first kappa shape index (κ1) is 83.4. The number of allylic oxidation sites excluding steroid dienone is 6. The van der Waals surface area contributed by atoms with E-state index in [2.05, 4.69) is 133 Å². The number of ether oxygens (including phenoxy) is 1. The number of carbonyl (C=O) groups is 6. The Kier molecular flexibility index (Phi) is 27.5. The Balaban J connectivity index is 0.000000130. The summed E-state index contributed by atoms with van der Waals surface area (Å²) in [6, 6.07) is 36.5. The number of benzene rings is 5. The molecule has 35 heteroatoms. The van der Waals surface area contributed by atoms with E-state index in [4.69, 9.17) is 27.2 Å². The highest BCUT2D eigenvalue weighted by Gasteiger charge is 2.31. The van der Waals surface area contributed by atoms with Gasteiger partial charge < -0.3 is 47.5 Å². The molecule has 0 radical (unpaired) electrons. The number of aryl methyl sites for hydroxylation is 2. The predicted octanol–water partition coefficient (Wildman–Crippen LogP) is 10.4. The third kappa shape index (κ3) is 21.5. The molecule has 6 aliphatic heterocycles. The molecular weight excluding hydrogens is 1530 g/mol. The molecule has 6 saturated heterocycles. The van der Waals surface area contributed by atoms with Crippen LogP contribution in [-0.2, 0) is 35.2 Å². The van der Waals surface area contributed by atoms with Crippen molar-refractivity contribution in [2.45, 2.75) is 133 Å². The average Bonchev–Trinajstić information content (AvgIpc) is 1.69. The number of aromatic nitrogens is 18. The molecule has 6 amide bonds. The Morgan fingerprint density at radius 1 is 0.415 bits per heavy atom. The van der Waals surface area contributed by atoms with Gasteiger partial charge >= 0.3 is 0 Å². The predicted molar refractivity (Wildman–Crippen MR) is 437 cm³/mol. The van der Waals surface area contributed by atoms with Crippen LogP contribution in [0.2, 0.25) is 5.02 Å². The van der Waals surface area contributed by atoms with Crippen molar-refractivity contribution >= 4 is 52.7 Å². The Morgan fingerprint density at radius 3 is 1.05 bits per heavy atom. The molecule has 0 aliphatic carbocycles. The fourth-order valence-corrected chi connectivity index (χ4v) is 13.8. The molecule has 11 aromatic rings. The molecule has 33 nitrogen and oxygen atoms in total. The maximum Gasteiger partial charge on any atom is 0.224 e. The van der Waals surface area contributed by atoms with Crippen LogP contribution >= 0.6 is 11.6 Å². The van der Waals surface area contributed by atoms with Crippen LogP contribution in [0.25, 0.3) is 56.3 Å². The van der Waals surface area contributed by atoms with Gasteiger partial charge in [-0.25, -0.2) is 32.5 Å². The lowest BCUT2D eigenvalue weighted by atomic mass is 10.0. The number of aliphatic hydroxyl groups is 1. The summed E-state index contributed by atoms with van der Waals surface area (Å²) in [5.74, 6) is 0.524. The highest BCUT2D eigenvalue weighted by molar-refractivity contribution is 6.33. The van der Waals surface area contributed by atoms with Crippen molar-refractivity contribution in [1.29, 1.82) is 0 Å².